The summed E-state index contributed by atoms with van der Waals surface area (Å²) in [5, 5.41) is 23.9. The molecule has 2 fully saturated rings. The molecule has 2 aliphatic rings. The van der Waals surface area contributed by atoms with Crippen molar-refractivity contribution < 1.29 is 24.5 Å². The van der Waals surface area contributed by atoms with E-state index < -0.39 is 11.7 Å². The molecule has 1 aliphatic heterocycles. The number of benzene rings is 2. The Morgan fingerprint density at radius 1 is 1.11 bits per heavy atom. The summed E-state index contributed by atoms with van der Waals surface area (Å²) in [6.07, 6.45) is 3.66. The van der Waals surface area contributed by atoms with E-state index in [2.05, 4.69) is 5.32 Å². The van der Waals surface area contributed by atoms with Crippen LogP contribution in [0.15, 0.2) is 42.5 Å². The number of rotatable bonds is 9. The summed E-state index contributed by atoms with van der Waals surface area (Å²) >= 11 is 0. The summed E-state index contributed by atoms with van der Waals surface area (Å²) < 4.78 is 6.46. The van der Waals surface area contributed by atoms with Gasteiger partial charge in [-0.2, -0.15) is 0 Å². The minimum atomic E-state index is -1.31. The number of likely N-dealkylation sites (tertiary alicyclic amines) is 1. The lowest BCUT2D eigenvalue weighted by Gasteiger charge is -2.44. The summed E-state index contributed by atoms with van der Waals surface area (Å²) in [6.45, 7) is 5.35. The Balaban J connectivity index is 1.64. The molecular weight excluding hydrogens is 482 g/mol. The zero-order chi connectivity index (χ0) is 27.3. The van der Waals surface area contributed by atoms with Gasteiger partial charge < -0.3 is 30.9 Å². The minimum Gasteiger partial charge on any atom is -0.465 e. The van der Waals surface area contributed by atoms with Crippen molar-refractivity contribution in [1.29, 1.82) is 0 Å². The highest BCUT2D eigenvalue weighted by atomic mass is 16.5. The van der Waals surface area contributed by atoms with Crippen molar-refractivity contribution in [3.05, 3.63) is 59.2 Å². The van der Waals surface area contributed by atoms with Crippen LogP contribution >= 0.6 is 0 Å². The molecule has 1 aliphatic carbocycles. The van der Waals surface area contributed by atoms with Crippen LogP contribution in [0.1, 0.15) is 61.6 Å². The number of para-hydroxylation sites is 2. The van der Waals surface area contributed by atoms with E-state index in [1.165, 1.54) is 0 Å². The van der Waals surface area contributed by atoms with Gasteiger partial charge in [0.25, 0.3) is 0 Å². The third-order valence-electron chi connectivity index (χ3n) is 8.22. The molecule has 2 aromatic carbocycles. The fourth-order valence-electron chi connectivity index (χ4n) is 6.16. The molecular formula is C30H41N3O5. The van der Waals surface area contributed by atoms with Gasteiger partial charge in [0.2, 0.25) is 5.91 Å². The maximum atomic E-state index is 13.4. The van der Waals surface area contributed by atoms with E-state index in [0.29, 0.717) is 37.2 Å². The second-order valence-electron chi connectivity index (χ2n) is 11.0. The van der Waals surface area contributed by atoms with Crippen LogP contribution in [0.25, 0.3) is 0 Å². The molecule has 2 amide bonds. The first kappa shape index (κ1) is 27.9. The quantitative estimate of drug-likeness (QED) is 0.353. The molecule has 0 aromatic heterocycles. The highest BCUT2D eigenvalue weighted by molar-refractivity contribution is 5.79. The largest absolute Gasteiger partial charge is 0.465 e. The molecule has 1 heterocycles. The van der Waals surface area contributed by atoms with Crippen molar-refractivity contribution in [2.75, 3.05) is 19.6 Å². The first-order valence-corrected chi connectivity index (χ1v) is 13.8. The lowest BCUT2D eigenvalue weighted by Crippen LogP contribution is -2.49. The Morgan fingerprint density at radius 3 is 2.53 bits per heavy atom. The third-order valence-corrected chi connectivity index (χ3v) is 8.22. The van der Waals surface area contributed by atoms with E-state index in [0.717, 1.165) is 49.0 Å². The Hall–Kier alpha value is -3.10. The van der Waals surface area contributed by atoms with Crippen LogP contribution in [0.5, 0.6) is 11.5 Å². The number of nitrogens with two attached hydrogens (primary N) is 1. The van der Waals surface area contributed by atoms with Gasteiger partial charge >= 0.3 is 6.09 Å². The van der Waals surface area contributed by atoms with E-state index in [1.54, 1.807) is 0 Å². The highest BCUT2D eigenvalue weighted by Gasteiger charge is 2.44. The van der Waals surface area contributed by atoms with Gasteiger partial charge in [0.15, 0.2) is 0 Å². The molecule has 2 aromatic rings. The van der Waals surface area contributed by atoms with Gasteiger partial charge in [-0.25, -0.2) is 4.79 Å². The molecule has 1 saturated heterocycles. The molecule has 1 saturated carbocycles. The van der Waals surface area contributed by atoms with E-state index in [4.69, 9.17) is 15.6 Å². The van der Waals surface area contributed by atoms with Crippen molar-refractivity contribution in [2.45, 2.75) is 70.4 Å². The first-order chi connectivity index (χ1) is 18.2. The first-order valence-electron chi connectivity index (χ1n) is 13.8. The number of ether oxygens (including phenoxy) is 1. The lowest BCUT2D eigenvalue weighted by molar-refractivity contribution is -0.141. The smallest absolute Gasteiger partial charge is 0.404 e. The fraction of sp³-hybridized carbons (Fsp3) is 0.533. The van der Waals surface area contributed by atoms with Gasteiger partial charge in [-0.15, -0.1) is 0 Å². The average molecular weight is 524 g/mol. The van der Waals surface area contributed by atoms with Crippen molar-refractivity contribution in [1.82, 2.24) is 10.2 Å². The van der Waals surface area contributed by atoms with Gasteiger partial charge in [0.05, 0.1) is 5.60 Å². The molecule has 4 atom stereocenters. The monoisotopic (exact) mass is 523 g/mol. The number of nitrogens with zero attached hydrogens (tertiary/aromatic N) is 1. The number of hydrogen-bond donors (Lipinski definition) is 4. The van der Waals surface area contributed by atoms with E-state index in [-0.39, 0.29) is 30.3 Å². The van der Waals surface area contributed by atoms with Gasteiger partial charge in [-0.05, 0) is 76.0 Å². The normalized spacial score (nSPS) is 23.1. The number of aliphatic hydroxyl groups is 1. The van der Waals surface area contributed by atoms with Gasteiger partial charge in [0, 0.05) is 43.1 Å². The number of carbonyl (C=O) groups excluding carboxylic acids is 1. The second kappa shape index (κ2) is 12.2. The summed E-state index contributed by atoms with van der Waals surface area (Å²) in [5.74, 6) is 1.20. The van der Waals surface area contributed by atoms with Gasteiger partial charge in [0.1, 0.15) is 11.5 Å². The zero-order valence-corrected chi connectivity index (χ0v) is 22.5. The standard InChI is InChI=1S/C30H41N3O5/c1-20-8-5-9-21(2)27(20)38-26-12-4-3-11-25(26)30(37,15-7-16-32-29(35)36)23-10-6-17-33(19-23)28(34)22-13-14-24(31)18-22/h3-5,8-9,11-12,22-24,32,37H,6-7,10,13-19,31H2,1-2H3,(H,35,36)/t22-,23-,24+,30+/m1/s1. The number of aryl methyl sites for hydroxylation is 2. The van der Waals surface area contributed by atoms with Gasteiger partial charge in [-0.1, -0.05) is 36.4 Å². The van der Waals surface area contributed by atoms with Crippen LogP contribution in [0, 0.1) is 25.7 Å². The summed E-state index contributed by atoms with van der Waals surface area (Å²) in [7, 11) is 0. The van der Waals surface area contributed by atoms with Crippen molar-refractivity contribution in [3.63, 3.8) is 0 Å². The molecule has 0 bridgehead atoms. The maximum Gasteiger partial charge on any atom is 0.404 e. The molecule has 0 radical (unpaired) electrons. The molecule has 4 rings (SSSR count). The predicted octanol–water partition coefficient (Wildman–Crippen LogP) is 4.70. The number of amides is 2. The average Bonchev–Trinajstić information content (AvgIpc) is 3.34. The second-order valence-corrected chi connectivity index (χ2v) is 11.0. The number of piperidine rings is 1. The van der Waals surface area contributed by atoms with Crippen LogP contribution in [-0.4, -0.2) is 52.8 Å². The summed E-state index contributed by atoms with van der Waals surface area (Å²) in [4.78, 5) is 26.3. The van der Waals surface area contributed by atoms with Crippen molar-refractivity contribution >= 4 is 12.0 Å². The highest BCUT2D eigenvalue weighted by Crippen LogP contribution is 2.45. The number of carbonyl (C=O) groups is 2. The molecule has 38 heavy (non-hydrogen) atoms. The van der Waals surface area contributed by atoms with Crippen LogP contribution in [0.2, 0.25) is 0 Å². The van der Waals surface area contributed by atoms with Crippen LogP contribution in [0.3, 0.4) is 0 Å². The Labute approximate surface area is 225 Å². The number of nitrogens with one attached hydrogen (secondary N) is 1. The number of carboxylic acid groups (broad SMARTS) is 1. The SMILES string of the molecule is Cc1cccc(C)c1Oc1ccccc1[C@](O)(CCCNC(=O)O)[C@@H]1CCCN(C(=O)[C@@H]2CC[C@H](N)C2)C1. The fourth-order valence-corrected chi connectivity index (χ4v) is 6.16. The predicted molar refractivity (Wildman–Crippen MR) is 146 cm³/mol. The van der Waals surface area contributed by atoms with E-state index in [1.807, 2.05) is 61.2 Å². The maximum absolute atomic E-state index is 13.4. The lowest BCUT2D eigenvalue weighted by atomic mass is 9.73. The van der Waals surface area contributed by atoms with Crippen molar-refractivity contribution in [2.24, 2.45) is 17.6 Å². The van der Waals surface area contributed by atoms with Crippen LogP contribution in [0.4, 0.5) is 4.79 Å². The van der Waals surface area contributed by atoms with Crippen LogP contribution < -0.4 is 15.8 Å². The molecule has 5 N–H and O–H groups in total. The third kappa shape index (κ3) is 6.30. The van der Waals surface area contributed by atoms with Gasteiger partial charge in [-0.3, -0.25) is 4.79 Å². The summed E-state index contributed by atoms with van der Waals surface area (Å²) in [6, 6.07) is 13.6. The van der Waals surface area contributed by atoms with E-state index in [9.17, 15) is 14.7 Å². The van der Waals surface area contributed by atoms with Crippen molar-refractivity contribution in [3.8, 4) is 11.5 Å². The minimum absolute atomic E-state index is 0.0451. The Kier molecular flexibility index (Phi) is 8.95. The molecule has 206 valence electrons. The van der Waals surface area contributed by atoms with Crippen LogP contribution in [-0.2, 0) is 10.4 Å². The summed E-state index contributed by atoms with van der Waals surface area (Å²) in [5.41, 5.74) is 7.44. The molecule has 0 spiro atoms. The topological polar surface area (TPSA) is 125 Å². The zero-order valence-electron chi connectivity index (χ0n) is 22.5. The molecule has 8 heteroatoms. The number of hydrogen-bond acceptors (Lipinski definition) is 5. The molecule has 8 nitrogen and oxygen atoms in total. The Bertz CT molecular complexity index is 1120. The molecule has 0 unspecified atom stereocenters. The van der Waals surface area contributed by atoms with E-state index >= 15 is 0 Å². The Morgan fingerprint density at radius 2 is 1.84 bits per heavy atom.